The maximum absolute atomic E-state index is 10.1. The molecule has 4 saturated carbocycles. The number of β-amino-alcohol motifs (C(OH)–C–C–N with tert-alkyl or cyclic N) is 1. The smallest absolute Gasteiger partial charge is 0.109 e. The highest BCUT2D eigenvalue weighted by Crippen LogP contribution is 2.60. The second kappa shape index (κ2) is 10.8. The van der Waals surface area contributed by atoms with Crippen LogP contribution in [0.3, 0.4) is 0 Å². The standard InChI is InChI=1S/C23H41NO5.ClH/c1-24-13-20(25)22(27)21(26)19(24)14-28-5-3-2-4-6-29-15-23-10-16-7-17(11-23)9-18(8-16)12-23;/h16-22,25-27H,2-15H2,1H3;1H/t16?,17?,18?,19-,20+,21-,22-,23?;/m1./s1. The second-order valence-corrected chi connectivity index (χ2v) is 10.7. The van der Waals surface area contributed by atoms with Crippen LogP contribution in [0.2, 0.25) is 0 Å². The van der Waals surface area contributed by atoms with E-state index in [9.17, 15) is 15.3 Å². The van der Waals surface area contributed by atoms with Crippen LogP contribution < -0.4 is 0 Å². The fraction of sp³-hybridized carbons (Fsp3) is 1.00. The van der Waals surface area contributed by atoms with Gasteiger partial charge >= 0.3 is 0 Å². The van der Waals surface area contributed by atoms with E-state index in [1.807, 2.05) is 11.9 Å². The molecule has 0 amide bonds. The molecular weight excluding hydrogens is 406 g/mol. The molecule has 0 aromatic carbocycles. The van der Waals surface area contributed by atoms with E-state index in [0.717, 1.165) is 50.2 Å². The maximum Gasteiger partial charge on any atom is 0.109 e. The average Bonchev–Trinajstić information content (AvgIpc) is 2.66. The van der Waals surface area contributed by atoms with Crippen LogP contribution in [0.5, 0.6) is 0 Å². The van der Waals surface area contributed by atoms with Crippen molar-refractivity contribution in [2.75, 3.05) is 40.0 Å². The number of nitrogens with zero attached hydrogens (tertiary/aromatic N) is 1. The Hall–Kier alpha value is 0.0500. The number of aliphatic hydroxyl groups is 3. The van der Waals surface area contributed by atoms with E-state index in [-0.39, 0.29) is 18.4 Å². The van der Waals surface area contributed by atoms with Gasteiger partial charge in [0.25, 0.3) is 0 Å². The molecule has 0 radical (unpaired) electrons. The number of hydrogen-bond donors (Lipinski definition) is 3. The zero-order valence-corrected chi connectivity index (χ0v) is 19.3. The van der Waals surface area contributed by atoms with Gasteiger partial charge in [-0.3, -0.25) is 4.90 Å². The lowest BCUT2D eigenvalue weighted by Gasteiger charge is -2.56. The minimum atomic E-state index is -1.09. The zero-order chi connectivity index (χ0) is 20.4. The number of unbranched alkanes of at least 4 members (excludes halogenated alkanes) is 2. The molecule has 5 aliphatic rings. The number of rotatable bonds is 10. The van der Waals surface area contributed by atoms with Crippen LogP contribution in [-0.2, 0) is 9.47 Å². The molecule has 5 fully saturated rings. The molecule has 0 unspecified atom stereocenters. The molecule has 1 saturated heterocycles. The topological polar surface area (TPSA) is 82.4 Å². The van der Waals surface area contributed by atoms with E-state index in [0.29, 0.717) is 25.2 Å². The third kappa shape index (κ3) is 5.69. The molecule has 176 valence electrons. The molecule has 0 aromatic heterocycles. The molecule has 4 bridgehead atoms. The van der Waals surface area contributed by atoms with Gasteiger partial charge in [0.05, 0.1) is 25.4 Å². The monoisotopic (exact) mass is 447 g/mol. The first-order valence-corrected chi connectivity index (χ1v) is 11.9. The Bertz CT molecular complexity index is 500. The minimum Gasteiger partial charge on any atom is -0.389 e. The number of hydrogen-bond acceptors (Lipinski definition) is 6. The van der Waals surface area contributed by atoms with Gasteiger partial charge in [0.15, 0.2) is 0 Å². The zero-order valence-electron chi connectivity index (χ0n) is 18.5. The van der Waals surface area contributed by atoms with E-state index in [4.69, 9.17) is 9.47 Å². The Labute approximate surface area is 187 Å². The highest BCUT2D eigenvalue weighted by Gasteiger charge is 2.50. The molecule has 0 aromatic rings. The van der Waals surface area contributed by atoms with Crippen molar-refractivity contribution in [2.45, 2.75) is 82.1 Å². The number of likely N-dealkylation sites (N-methyl/N-ethyl adjacent to an activating group) is 1. The van der Waals surface area contributed by atoms with Gasteiger partial charge in [0.2, 0.25) is 0 Å². The third-order valence-corrected chi connectivity index (χ3v) is 8.12. The molecule has 30 heavy (non-hydrogen) atoms. The molecule has 6 nitrogen and oxygen atoms in total. The summed E-state index contributed by atoms with van der Waals surface area (Å²) in [6.45, 7) is 3.23. The third-order valence-electron chi connectivity index (χ3n) is 8.12. The van der Waals surface area contributed by atoms with Gasteiger partial charge in [0.1, 0.15) is 12.2 Å². The van der Waals surface area contributed by atoms with Gasteiger partial charge < -0.3 is 24.8 Å². The van der Waals surface area contributed by atoms with Crippen LogP contribution in [0.25, 0.3) is 0 Å². The Balaban J connectivity index is 0.00000256. The first-order valence-electron chi connectivity index (χ1n) is 11.9. The summed E-state index contributed by atoms with van der Waals surface area (Å²) in [7, 11) is 1.84. The van der Waals surface area contributed by atoms with Crippen molar-refractivity contribution in [3.63, 3.8) is 0 Å². The van der Waals surface area contributed by atoms with Gasteiger partial charge in [-0.2, -0.15) is 0 Å². The van der Waals surface area contributed by atoms with E-state index < -0.39 is 18.3 Å². The Morgan fingerprint density at radius 1 is 0.833 bits per heavy atom. The molecular formula is C23H42ClNO5. The lowest BCUT2D eigenvalue weighted by Crippen LogP contribution is -2.61. The van der Waals surface area contributed by atoms with E-state index >= 15 is 0 Å². The average molecular weight is 448 g/mol. The molecule has 7 heteroatoms. The SMILES string of the molecule is CN1C[C@H](O)[C@@H](O)[C@H](O)[C@H]1COCCCCCOCC12CC3CC(CC(C3)C1)C2.Cl. The minimum absolute atomic E-state index is 0. The van der Waals surface area contributed by atoms with Crippen molar-refractivity contribution in [1.29, 1.82) is 0 Å². The summed E-state index contributed by atoms with van der Waals surface area (Å²) < 4.78 is 11.9. The van der Waals surface area contributed by atoms with E-state index in [2.05, 4.69) is 0 Å². The highest BCUT2D eigenvalue weighted by atomic mass is 35.5. The lowest BCUT2D eigenvalue weighted by molar-refractivity contribution is -0.143. The molecule has 0 spiro atoms. The summed E-state index contributed by atoms with van der Waals surface area (Å²) in [5.74, 6) is 2.98. The van der Waals surface area contributed by atoms with Gasteiger partial charge in [0, 0.05) is 19.8 Å². The van der Waals surface area contributed by atoms with E-state index in [1.54, 1.807) is 0 Å². The van der Waals surface area contributed by atoms with Crippen molar-refractivity contribution < 1.29 is 24.8 Å². The number of ether oxygens (including phenoxy) is 2. The van der Waals surface area contributed by atoms with Gasteiger partial charge in [-0.25, -0.2) is 0 Å². The Morgan fingerprint density at radius 2 is 1.40 bits per heavy atom. The normalized spacial score (nSPS) is 43.0. The highest BCUT2D eigenvalue weighted by molar-refractivity contribution is 5.85. The number of aliphatic hydroxyl groups excluding tert-OH is 3. The molecule has 4 aliphatic carbocycles. The molecule has 1 heterocycles. The second-order valence-electron chi connectivity index (χ2n) is 10.7. The van der Waals surface area contributed by atoms with Crippen LogP contribution >= 0.6 is 12.4 Å². The number of halogens is 1. The fourth-order valence-electron chi connectivity index (χ4n) is 7.02. The summed E-state index contributed by atoms with van der Waals surface area (Å²) in [6, 6.07) is -0.267. The maximum atomic E-state index is 10.1. The Kier molecular flexibility index (Phi) is 8.87. The van der Waals surface area contributed by atoms with Crippen molar-refractivity contribution in [3.05, 3.63) is 0 Å². The van der Waals surface area contributed by atoms with Crippen LogP contribution in [0, 0.1) is 23.2 Å². The molecule has 1 aliphatic heterocycles. The first kappa shape index (κ1) is 24.7. The van der Waals surface area contributed by atoms with Gasteiger partial charge in [-0.1, -0.05) is 0 Å². The van der Waals surface area contributed by atoms with Crippen LogP contribution in [0.1, 0.15) is 57.8 Å². The van der Waals surface area contributed by atoms with Crippen LogP contribution in [0.4, 0.5) is 0 Å². The predicted octanol–water partition coefficient (Wildman–Crippen LogP) is 2.22. The van der Waals surface area contributed by atoms with E-state index in [1.165, 1.54) is 38.5 Å². The van der Waals surface area contributed by atoms with Crippen molar-refractivity contribution in [2.24, 2.45) is 23.2 Å². The molecule has 5 rings (SSSR count). The summed E-state index contributed by atoms with van der Waals surface area (Å²) in [4.78, 5) is 1.86. The van der Waals surface area contributed by atoms with Gasteiger partial charge in [-0.05, 0) is 88.0 Å². The Morgan fingerprint density at radius 3 is 2.00 bits per heavy atom. The molecule has 3 N–H and O–H groups in total. The summed E-state index contributed by atoms with van der Waals surface area (Å²) in [5, 5.41) is 29.6. The van der Waals surface area contributed by atoms with Crippen molar-refractivity contribution >= 4 is 12.4 Å². The number of piperidine rings is 1. The van der Waals surface area contributed by atoms with Gasteiger partial charge in [-0.15, -0.1) is 12.4 Å². The molecule has 4 atom stereocenters. The number of likely N-dealkylation sites (tertiary alicyclic amines) is 1. The van der Waals surface area contributed by atoms with Crippen molar-refractivity contribution in [1.82, 2.24) is 4.90 Å². The lowest BCUT2D eigenvalue weighted by atomic mass is 9.50. The predicted molar refractivity (Wildman–Crippen MR) is 118 cm³/mol. The van der Waals surface area contributed by atoms with Crippen LogP contribution in [0.15, 0.2) is 0 Å². The van der Waals surface area contributed by atoms with Crippen LogP contribution in [-0.4, -0.2) is 84.6 Å². The van der Waals surface area contributed by atoms with Crippen molar-refractivity contribution in [3.8, 4) is 0 Å². The first-order chi connectivity index (χ1) is 14.0. The largest absolute Gasteiger partial charge is 0.389 e. The fourth-order valence-corrected chi connectivity index (χ4v) is 7.02. The summed E-state index contributed by atoms with van der Waals surface area (Å²) >= 11 is 0. The quantitative estimate of drug-likeness (QED) is 0.445. The summed E-state index contributed by atoms with van der Waals surface area (Å²) in [6.07, 6.45) is 8.92. The summed E-state index contributed by atoms with van der Waals surface area (Å²) in [5.41, 5.74) is 0.517.